The number of nitrogens with one attached hydrogen (secondary N) is 1. The highest BCUT2D eigenvalue weighted by Crippen LogP contribution is 2.19. The number of hydrogen-bond acceptors (Lipinski definition) is 4. The average molecular weight is 411 g/mol. The van der Waals surface area contributed by atoms with Gasteiger partial charge in [0.05, 0.1) is 6.61 Å². The van der Waals surface area contributed by atoms with Gasteiger partial charge < -0.3 is 9.64 Å². The second-order valence-corrected chi connectivity index (χ2v) is 7.33. The van der Waals surface area contributed by atoms with E-state index < -0.39 is 0 Å². The molecule has 1 heterocycles. The molecule has 1 amide bonds. The maximum Gasteiger partial charge on any atom is 0.224 e. The fourth-order valence-electron chi connectivity index (χ4n) is 3.07. The first-order valence-electron chi connectivity index (χ1n) is 9.66. The largest absolute Gasteiger partial charge is 0.494 e. The molecule has 0 aliphatic carbocycles. The molecule has 0 saturated carbocycles. The molecule has 1 aromatic heterocycles. The van der Waals surface area contributed by atoms with E-state index in [0.717, 1.165) is 22.7 Å². The third-order valence-electron chi connectivity index (χ3n) is 4.70. The summed E-state index contributed by atoms with van der Waals surface area (Å²) in [6, 6.07) is 15.9. The SMILES string of the molecule is CCOc1ccc(CN(C)C(=O)CCn2c(-c3ccc(C)cc3)n[nH]c2=S)cc1. The van der Waals surface area contributed by atoms with Crippen LogP contribution in [0.3, 0.4) is 0 Å². The minimum atomic E-state index is 0.0526. The molecule has 29 heavy (non-hydrogen) atoms. The van der Waals surface area contributed by atoms with Crippen LogP contribution >= 0.6 is 12.2 Å². The van der Waals surface area contributed by atoms with Gasteiger partial charge in [-0.25, -0.2) is 0 Å². The van der Waals surface area contributed by atoms with E-state index in [1.54, 1.807) is 4.90 Å². The van der Waals surface area contributed by atoms with Crippen molar-refractivity contribution in [2.45, 2.75) is 33.4 Å². The van der Waals surface area contributed by atoms with Crippen molar-refractivity contribution >= 4 is 18.1 Å². The molecule has 0 aliphatic heterocycles. The number of aromatic amines is 1. The highest BCUT2D eigenvalue weighted by molar-refractivity contribution is 7.71. The molecule has 7 heteroatoms. The predicted molar refractivity (Wildman–Crippen MR) is 116 cm³/mol. The lowest BCUT2D eigenvalue weighted by Gasteiger charge is -2.18. The van der Waals surface area contributed by atoms with Gasteiger partial charge in [-0.1, -0.05) is 42.0 Å². The summed E-state index contributed by atoms with van der Waals surface area (Å²) in [5, 5.41) is 7.18. The molecule has 0 unspecified atom stereocenters. The summed E-state index contributed by atoms with van der Waals surface area (Å²) in [7, 11) is 1.81. The molecule has 0 spiro atoms. The maximum absolute atomic E-state index is 12.6. The molecule has 1 N–H and O–H groups in total. The van der Waals surface area contributed by atoms with Gasteiger partial charge in [0.1, 0.15) is 5.75 Å². The first kappa shape index (κ1) is 20.8. The van der Waals surface area contributed by atoms with Gasteiger partial charge in [-0.05, 0) is 43.8 Å². The van der Waals surface area contributed by atoms with Gasteiger partial charge in [0.15, 0.2) is 10.6 Å². The molecule has 3 aromatic rings. The zero-order valence-corrected chi connectivity index (χ0v) is 17.8. The number of aryl methyl sites for hydroxylation is 1. The molecule has 0 bridgehead atoms. The predicted octanol–water partition coefficient (Wildman–Crippen LogP) is 4.36. The monoisotopic (exact) mass is 410 g/mol. The number of rotatable bonds is 8. The number of hydrogen-bond donors (Lipinski definition) is 1. The highest BCUT2D eigenvalue weighted by atomic mass is 32.1. The van der Waals surface area contributed by atoms with Gasteiger partial charge in [-0.3, -0.25) is 14.5 Å². The van der Waals surface area contributed by atoms with Crippen molar-refractivity contribution in [1.82, 2.24) is 19.7 Å². The Hall–Kier alpha value is -2.93. The first-order chi connectivity index (χ1) is 14.0. The minimum Gasteiger partial charge on any atom is -0.494 e. The number of amides is 1. The summed E-state index contributed by atoms with van der Waals surface area (Å²) in [4.78, 5) is 14.4. The third kappa shape index (κ3) is 5.32. The van der Waals surface area contributed by atoms with Crippen LogP contribution in [0.4, 0.5) is 0 Å². The molecular weight excluding hydrogens is 384 g/mol. The van der Waals surface area contributed by atoms with Crippen molar-refractivity contribution in [3.63, 3.8) is 0 Å². The normalized spacial score (nSPS) is 10.7. The van der Waals surface area contributed by atoms with Gasteiger partial charge in [-0.15, -0.1) is 0 Å². The van der Waals surface area contributed by atoms with Crippen molar-refractivity contribution < 1.29 is 9.53 Å². The lowest BCUT2D eigenvalue weighted by Crippen LogP contribution is -2.27. The smallest absolute Gasteiger partial charge is 0.224 e. The molecular formula is C22H26N4O2S. The Bertz CT molecular complexity index is 1010. The fourth-order valence-corrected chi connectivity index (χ4v) is 3.29. The van der Waals surface area contributed by atoms with Gasteiger partial charge in [0.2, 0.25) is 5.91 Å². The van der Waals surface area contributed by atoms with Crippen molar-refractivity contribution in [1.29, 1.82) is 0 Å². The minimum absolute atomic E-state index is 0.0526. The van der Waals surface area contributed by atoms with Gasteiger partial charge >= 0.3 is 0 Å². The van der Waals surface area contributed by atoms with E-state index in [9.17, 15) is 4.79 Å². The quantitative estimate of drug-likeness (QED) is 0.561. The molecule has 0 radical (unpaired) electrons. The van der Waals surface area contributed by atoms with Crippen molar-refractivity contribution in [2.75, 3.05) is 13.7 Å². The number of aromatic nitrogens is 3. The van der Waals surface area contributed by atoms with Crippen LogP contribution in [0.25, 0.3) is 11.4 Å². The van der Waals surface area contributed by atoms with E-state index in [0.29, 0.717) is 30.9 Å². The van der Waals surface area contributed by atoms with Crippen LogP contribution in [-0.2, 0) is 17.9 Å². The van der Waals surface area contributed by atoms with Gasteiger partial charge in [0.25, 0.3) is 0 Å². The second kappa shape index (κ2) is 9.52. The van der Waals surface area contributed by atoms with Crippen molar-refractivity contribution in [2.24, 2.45) is 0 Å². The van der Waals surface area contributed by atoms with Crippen LogP contribution in [0.5, 0.6) is 5.75 Å². The lowest BCUT2D eigenvalue weighted by atomic mass is 10.1. The number of carbonyl (C=O) groups is 1. The molecule has 152 valence electrons. The molecule has 0 atom stereocenters. The standard InChI is InChI=1S/C22H26N4O2S/c1-4-28-19-11-7-17(8-12-19)15-25(3)20(27)13-14-26-21(23-24-22(26)29)18-9-5-16(2)6-10-18/h5-12H,4,13-15H2,1-3H3,(H,24,29). The van der Waals surface area contributed by atoms with E-state index in [-0.39, 0.29) is 5.91 Å². The first-order valence-corrected chi connectivity index (χ1v) is 10.1. The molecule has 3 rings (SSSR count). The Kier molecular flexibility index (Phi) is 6.82. The third-order valence-corrected chi connectivity index (χ3v) is 5.01. The average Bonchev–Trinajstić information content (AvgIpc) is 3.08. The van der Waals surface area contributed by atoms with E-state index in [1.807, 2.05) is 74.0 Å². The Morgan fingerprint density at radius 3 is 2.52 bits per heavy atom. The topological polar surface area (TPSA) is 63.1 Å². The number of carbonyl (C=O) groups excluding carboxylic acids is 1. The fraction of sp³-hybridized carbons (Fsp3) is 0.318. The summed E-state index contributed by atoms with van der Waals surface area (Å²) in [5.41, 5.74) is 3.21. The van der Waals surface area contributed by atoms with Crippen LogP contribution in [-0.4, -0.2) is 39.2 Å². The van der Waals surface area contributed by atoms with Gasteiger partial charge in [-0.2, -0.15) is 5.10 Å². The van der Waals surface area contributed by atoms with Crippen LogP contribution < -0.4 is 4.74 Å². The van der Waals surface area contributed by atoms with E-state index in [1.165, 1.54) is 5.56 Å². The Balaban J connectivity index is 1.62. The second-order valence-electron chi connectivity index (χ2n) is 6.95. The zero-order valence-electron chi connectivity index (χ0n) is 17.0. The number of ether oxygens (including phenoxy) is 1. The van der Waals surface area contributed by atoms with E-state index in [4.69, 9.17) is 17.0 Å². The summed E-state index contributed by atoms with van der Waals surface area (Å²) in [6.07, 6.45) is 0.347. The van der Waals surface area contributed by atoms with Crippen LogP contribution in [0.1, 0.15) is 24.5 Å². The lowest BCUT2D eigenvalue weighted by molar-refractivity contribution is -0.130. The van der Waals surface area contributed by atoms with E-state index >= 15 is 0 Å². The summed E-state index contributed by atoms with van der Waals surface area (Å²) < 4.78 is 7.85. The van der Waals surface area contributed by atoms with Crippen LogP contribution in [0, 0.1) is 11.7 Å². The number of nitrogens with zero attached hydrogens (tertiary/aromatic N) is 3. The number of H-pyrrole nitrogens is 1. The Morgan fingerprint density at radius 2 is 1.86 bits per heavy atom. The molecule has 0 saturated heterocycles. The van der Waals surface area contributed by atoms with Crippen molar-refractivity contribution in [3.8, 4) is 17.1 Å². The summed E-state index contributed by atoms with van der Waals surface area (Å²) in [6.45, 7) is 5.66. The van der Waals surface area contributed by atoms with Crippen molar-refractivity contribution in [3.05, 3.63) is 64.4 Å². The molecule has 2 aromatic carbocycles. The molecule has 6 nitrogen and oxygen atoms in total. The number of benzene rings is 2. The maximum atomic E-state index is 12.6. The molecule has 0 fully saturated rings. The van der Waals surface area contributed by atoms with E-state index in [2.05, 4.69) is 10.2 Å². The summed E-state index contributed by atoms with van der Waals surface area (Å²) >= 11 is 5.36. The Labute approximate surface area is 176 Å². The molecule has 0 aliphatic rings. The van der Waals surface area contributed by atoms with Crippen LogP contribution in [0.2, 0.25) is 0 Å². The highest BCUT2D eigenvalue weighted by Gasteiger charge is 2.13. The summed E-state index contributed by atoms with van der Waals surface area (Å²) in [5.74, 6) is 1.64. The Morgan fingerprint density at radius 1 is 1.17 bits per heavy atom. The van der Waals surface area contributed by atoms with Crippen LogP contribution in [0.15, 0.2) is 48.5 Å². The zero-order chi connectivity index (χ0) is 20.8. The van der Waals surface area contributed by atoms with Gasteiger partial charge in [0, 0.05) is 32.1 Å².